The Bertz CT molecular complexity index is 894. The zero-order valence-electron chi connectivity index (χ0n) is 19.2. The Labute approximate surface area is 190 Å². The first-order valence-electron chi connectivity index (χ1n) is 12.2. The first kappa shape index (κ1) is 22.6. The van der Waals surface area contributed by atoms with Crippen molar-refractivity contribution in [3.63, 3.8) is 0 Å². The molecule has 0 radical (unpaired) electrons. The van der Waals surface area contributed by atoms with Crippen LogP contribution in [-0.2, 0) is 19.4 Å². The fourth-order valence-corrected chi connectivity index (χ4v) is 4.67. The fourth-order valence-electron chi connectivity index (χ4n) is 4.67. The molecule has 0 bridgehead atoms. The molecular formula is C24H36FN7. The summed E-state index contributed by atoms with van der Waals surface area (Å²) in [6.07, 6.45) is 8.79. The summed E-state index contributed by atoms with van der Waals surface area (Å²) in [6, 6.07) is 7.16. The van der Waals surface area contributed by atoms with E-state index < -0.39 is 0 Å². The van der Waals surface area contributed by atoms with Gasteiger partial charge in [0, 0.05) is 57.3 Å². The molecule has 1 saturated heterocycles. The van der Waals surface area contributed by atoms with E-state index in [9.17, 15) is 4.39 Å². The van der Waals surface area contributed by atoms with Crippen LogP contribution in [0.4, 0.5) is 10.1 Å². The summed E-state index contributed by atoms with van der Waals surface area (Å²) in [6.45, 7) is 6.51. The lowest BCUT2D eigenvalue weighted by Crippen LogP contribution is -2.51. The Hall–Kier alpha value is -2.64. The molecule has 2 aliphatic heterocycles. The van der Waals surface area contributed by atoms with Crippen LogP contribution in [0.25, 0.3) is 0 Å². The second-order valence-corrected chi connectivity index (χ2v) is 8.77. The number of aromatic nitrogens is 3. The molecule has 174 valence electrons. The first-order valence-corrected chi connectivity index (χ1v) is 12.2. The van der Waals surface area contributed by atoms with Gasteiger partial charge in [-0.05, 0) is 57.2 Å². The summed E-state index contributed by atoms with van der Waals surface area (Å²) in [4.78, 5) is 7.06. The number of nitrogens with one attached hydrogen (secondary N) is 2. The van der Waals surface area contributed by atoms with Gasteiger partial charge in [-0.25, -0.2) is 4.39 Å². The molecule has 32 heavy (non-hydrogen) atoms. The minimum absolute atomic E-state index is 0.183. The molecule has 4 rings (SSSR count). The Balaban J connectivity index is 1.30. The van der Waals surface area contributed by atoms with E-state index in [4.69, 9.17) is 4.99 Å². The van der Waals surface area contributed by atoms with E-state index >= 15 is 0 Å². The third-order valence-corrected chi connectivity index (χ3v) is 6.29. The fraction of sp³-hybridized carbons (Fsp3) is 0.625. The number of aliphatic imine (C=N–C) groups is 1. The highest BCUT2D eigenvalue weighted by molar-refractivity contribution is 5.80. The molecule has 2 N–H and O–H groups in total. The Morgan fingerprint density at radius 2 is 2.12 bits per heavy atom. The van der Waals surface area contributed by atoms with Crippen molar-refractivity contribution in [2.45, 2.75) is 70.9 Å². The number of halogens is 1. The molecule has 7 nitrogen and oxygen atoms in total. The summed E-state index contributed by atoms with van der Waals surface area (Å²) < 4.78 is 16.0. The van der Waals surface area contributed by atoms with Crippen molar-refractivity contribution in [1.29, 1.82) is 0 Å². The van der Waals surface area contributed by atoms with Crippen molar-refractivity contribution in [3.05, 3.63) is 41.7 Å². The van der Waals surface area contributed by atoms with E-state index in [2.05, 4.69) is 37.2 Å². The van der Waals surface area contributed by atoms with Gasteiger partial charge in [-0.1, -0.05) is 12.5 Å². The molecule has 0 saturated carbocycles. The van der Waals surface area contributed by atoms with Gasteiger partial charge >= 0.3 is 0 Å². The summed E-state index contributed by atoms with van der Waals surface area (Å²) in [5.74, 6) is 2.93. The number of fused-ring (bicyclic) bond motifs is 1. The second kappa shape index (κ2) is 11.3. The number of guanidine groups is 1. The molecule has 2 aliphatic rings. The predicted molar refractivity (Wildman–Crippen MR) is 127 cm³/mol. The second-order valence-electron chi connectivity index (χ2n) is 8.77. The third-order valence-electron chi connectivity index (χ3n) is 6.29. The molecule has 1 atom stereocenters. The van der Waals surface area contributed by atoms with Crippen LogP contribution in [0.1, 0.15) is 57.1 Å². The van der Waals surface area contributed by atoms with Gasteiger partial charge in [-0.15, -0.1) is 10.2 Å². The Morgan fingerprint density at radius 1 is 1.19 bits per heavy atom. The van der Waals surface area contributed by atoms with Crippen molar-refractivity contribution in [2.75, 3.05) is 31.1 Å². The van der Waals surface area contributed by atoms with Crippen LogP contribution in [-0.4, -0.2) is 52.9 Å². The summed E-state index contributed by atoms with van der Waals surface area (Å²) >= 11 is 0. The number of hydrogen-bond acceptors (Lipinski definition) is 4. The van der Waals surface area contributed by atoms with Crippen LogP contribution in [0.15, 0.2) is 29.3 Å². The van der Waals surface area contributed by atoms with Gasteiger partial charge in [-0.2, -0.15) is 0 Å². The number of nitrogens with zero attached hydrogens (tertiary/aromatic N) is 5. The highest BCUT2D eigenvalue weighted by Crippen LogP contribution is 2.21. The van der Waals surface area contributed by atoms with Gasteiger partial charge in [0.05, 0.1) is 0 Å². The average Bonchev–Trinajstić information content (AvgIpc) is 3.02. The summed E-state index contributed by atoms with van der Waals surface area (Å²) in [5, 5.41) is 15.8. The number of aryl methyl sites for hydroxylation is 2. The predicted octanol–water partition coefficient (Wildman–Crippen LogP) is 3.30. The quantitative estimate of drug-likeness (QED) is 0.392. The molecule has 1 aromatic carbocycles. The number of anilines is 1. The van der Waals surface area contributed by atoms with Gasteiger partial charge in [0.1, 0.15) is 17.5 Å². The molecule has 8 heteroatoms. The minimum atomic E-state index is -0.183. The van der Waals surface area contributed by atoms with Crippen LogP contribution in [0, 0.1) is 5.82 Å². The molecule has 0 aliphatic carbocycles. The van der Waals surface area contributed by atoms with Crippen molar-refractivity contribution in [3.8, 4) is 0 Å². The number of benzene rings is 1. The molecule has 0 amide bonds. The maximum atomic E-state index is 13.6. The molecule has 1 fully saturated rings. The maximum absolute atomic E-state index is 13.6. The third kappa shape index (κ3) is 5.99. The van der Waals surface area contributed by atoms with E-state index in [0.717, 1.165) is 88.1 Å². The van der Waals surface area contributed by atoms with Crippen molar-refractivity contribution in [1.82, 2.24) is 25.4 Å². The highest BCUT2D eigenvalue weighted by atomic mass is 19.1. The smallest absolute Gasteiger partial charge is 0.191 e. The SMILES string of the molecule is CCNC(=NCCCc1nnc2n1CCCCC2)NC1CCCN(c2cccc(F)c2)C1. The molecule has 2 aromatic rings. The van der Waals surface area contributed by atoms with E-state index in [1.807, 2.05) is 6.07 Å². The standard InChI is InChI=1S/C24H36FN7/c1-2-26-24(27-14-7-13-23-30-29-22-12-4-3-5-16-32(22)23)28-20-10-8-15-31(18-20)21-11-6-9-19(25)17-21/h6,9,11,17,20H,2-5,7-8,10,12-16,18H2,1H3,(H2,26,27,28). The van der Waals surface area contributed by atoms with E-state index in [1.165, 1.54) is 25.3 Å². The zero-order valence-corrected chi connectivity index (χ0v) is 19.2. The molecule has 3 heterocycles. The monoisotopic (exact) mass is 441 g/mol. The molecular weight excluding hydrogens is 405 g/mol. The largest absolute Gasteiger partial charge is 0.369 e. The van der Waals surface area contributed by atoms with E-state index in [1.54, 1.807) is 12.1 Å². The van der Waals surface area contributed by atoms with Gasteiger partial charge in [0.25, 0.3) is 0 Å². The van der Waals surface area contributed by atoms with Crippen LogP contribution < -0.4 is 15.5 Å². The van der Waals surface area contributed by atoms with Crippen molar-refractivity contribution >= 4 is 11.6 Å². The van der Waals surface area contributed by atoms with Crippen LogP contribution in [0.3, 0.4) is 0 Å². The summed E-state index contributed by atoms with van der Waals surface area (Å²) in [5.41, 5.74) is 0.950. The molecule has 1 aromatic heterocycles. The van der Waals surface area contributed by atoms with Crippen molar-refractivity contribution in [2.24, 2.45) is 4.99 Å². The normalized spacial score (nSPS) is 19.4. The first-order chi connectivity index (χ1) is 15.7. The molecule has 0 spiro atoms. The van der Waals surface area contributed by atoms with Crippen molar-refractivity contribution < 1.29 is 4.39 Å². The maximum Gasteiger partial charge on any atom is 0.191 e. The van der Waals surface area contributed by atoms with Crippen LogP contribution in [0.5, 0.6) is 0 Å². The lowest BCUT2D eigenvalue weighted by Gasteiger charge is -2.35. The number of hydrogen-bond donors (Lipinski definition) is 2. The van der Waals surface area contributed by atoms with Gasteiger partial charge in [-0.3, -0.25) is 4.99 Å². The Kier molecular flexibility index (Phi) is 7.96. The lowest BCUT2D eigenvalue weighted by atomic mass is 10.0. The highest BCUT2D eigenvalue weighted by Gasteiger charge is 2.21. The summed E-state index contributed by atoms with van der Waals surface area (Å²) in [7, 11) is 0. The van der Waals surface area contributed by atoms with Gasteiger partial charge in [0.2, 0.25) is 0 Å². The van der Waals surface area contributed by atoms with Crippen LogP contribution >= 0.6 is 0 Å². The zero-order chi connectivity index (χ0) is 22.2. The van der Waals surface area contributed by atoms with E-state index in [-0.39, 0.29) is 11.9 Å². The number of rotatable bonds is 7. The lowest BCUT2D eigenvalue weighted by molar-refractivity contribution is 0.467. The Morgan fingerprint density at radius 3 is 3.00 bits per heavy atom. The minimum Gasteiger partial charge on any atom is -0.369 e. The van der Waals surface area contributed by atoms with E-state index in [0.29, 0.717) is 0 Å². The topological polar surface area (TPSA) is 70.4 Å². The number of piperidine rings is 1. The van der Waals surface area contributed by atoms with Gasteiger partial charge in [0.15, 0.2) is 5.96 Å². The van der Waals surface area contributed by atoms with Gasteiger partial charge < -0.3 is 20.1 Å². The van der Waals surface area contributed by atoms with Crippen LogP contribution in [0.2, 0.25) is 0 Å². The molecule has 1 unspecified atom stereocenters. The average molecular weight is 442 g/mol.